The molecular weight excluding hydrogens is 342 g/mol. The highest BCUT2D eigenvalue weighted by molar-refractivity contribution is 6.23. The highest BCUT2D eigenvalue weighted by Crippen LogP contribution is 2.40. The normalized spacial score (nSPS) is 12.1. The standard InChI is InChI=1S/C19H20N2O2.CH5N.CH2O/c1-13-11-21(12-15-7-5-4-6-8-15)16-9-10-20-19(23-3)18(16)17(13)14(2)22;2*1-2/h4-10H,11-12H2,1-3H3;2H2,1H3;1H2. The Bertz CT molecular complexity index is 789. The van der Waals surface area contributed by atoms with Gasteiger partial charge in [0.25, 0.3) is 0 Å². The zero-order chi connectivity index (χ0) is 20.4. The molecule has 0 saturated carbocycles. The molecule has 0 aliphatic carbocycles. The van der Waals surface area contributed by atoms with Gasteiger partial charge in [-0.15, -0.1) is 0 Å². The number of hydrogen-bond donors (Lipinski definition) is 1. The molecule has 0 spiro atoms. The smallest absolute Gasteiger partial charge is 0.223 e. The van der Waals surface area contributed by atoms with Gasteiger partial charge >= 0.3 is 0 Å². The number of rotatable bonds is 4. The van der Waals surface area contributed by atoms with Gasteiger partial charge in [0, 0.05) is 24.9 Å². The van der Waals surface area contributed by atoms with E-state index < -0.39 is 0 Å². The second-order valence-corrected chi connectivity index (χ2v) is 5.77. The molecule has 2 heterocycles. The molecule has 6 heteroatoms. The van der Waals surface area contributed by atoms with Crippen molar-refractivity contribution in [1.29, 1.82) is 0 Å². The number of ether oxygens (including phenoxy) is 1. The van der Waals surface area contributed by atoms with E-state index in [1.165, 1.54) is 12.6 Å². The van der Waals surface area contributed by atoms with Crippen molar-refractivity contribution >= 4 is 23.8 Å². The van der Waals surface area contributed by atoms with Crippen LogP contribution in [0.5, 0.6) is 5.88 Å². The molecule has 0 saturated heterocycles. The van der Waals surface area contributed by atoms with Crippen LogP contribution in [0.25, 0.3) is 5.57 Å². The molecule has 0 radical (unpaired) electrons. The van der Waals surface area contributed by atoms with Crippen LogP contribution in [-0.2, 0) is 16.1 Å². The average molecular weight is 369 g/mol. The lowest BCUT2D eigenvalue weighted by molar-refractivity contribution is -0.111. The van der Waals surface area contributed by atoms with E-state index in [0.717, 1.165) is 35.5 Å². The van der Waals surface area contributed by atoms with Gasteiger partial charge in [0.2, 0.25) is 5.88 Å². The Morgan fingerprint density at radius 3 is 2.41 bits per heavy atom. The summed E-state index contributed by atoms with van der Waals surface area (Å²) in [6, 6.07) is 12.3. The summed E-state index contributed by atoms with van der Waals surface area (Å²) in [5, 5.41) is 0. The third-order valence-electron chi connectivity index (χ3n) is 4.10. The largest absolute Gasteiger partial charge is 0.480 e. The fourth-order valence-corrected chi connectivity index (χ4v) is 3.17. The van der Waals surface area contributed by atoms with Gasteiger partial charge in [-0.2, -0.15) is 0 Å². The Balaban J connectivity index is 0.000000855. The van der Waals surface area contributed by atoms with Gasteiger partial charge < -0.3 is 20.2 Å². The van der Waals surface area contributed by atoms with Gasteiger partial charge in [-0.25, -0.2) is 4.98 Å². The number of fused-ring (bicyclic) bond motifs is 1. The average Bonchev–Trinajstić information content (AvgIpc) is 2.71. The van der Waals surface area contributed by atoms with Crippen LogP contribution in [0.3, 0.4) is 0 Å². The molecule has 2 N–H and O–H groups in total. The summed E-state index contributed by atoms with van der Waals surface area (Å²) in [6.07, 6.45) is 1.73. The van der Waals surface area contributed by atoms with E-state index in [-0.39, 0.29) is 5.78 Å². The van der Waals surface area contributed by atoms with Crippen LogP contribution in [0.2, 0.25) is 0 Å². The number of anilines is 1. The Kier molecular flexibility index (Phi) is 8.89. The molecule has 0 bridgehead atoms. The number of benzene rings is 1. The second kappa shape index (κ2) is 10.9. The fourth-order valence-electron chi connectivity index (χ4n) is 3.17. The van der Waals surface area contributed by atoms with Crippen LogP contribution < -0.4 is 15.4 Å². The first-order valence-electron chi connectivity index (χ1n) is 8.51. The minimum atomic E-state index is 0.0504. The van der Waals surface area contributed by atoms with Crippen molar-refractivity contribution in [3.8, 4) is 5.88 Å². The first-order chi connectivity index (χ1) is 13.1. The molecule has 0 amide bonds. The monoisotopic (exact) mass is 369 g/mol. The first kappa shape index (κ1) is 22.1. The molecule has 1 aliphatic heterocycles. The molecule has 0 unspecified atom stereocenters. The SMILES string of the molecule is C=O.CN.COc1nccc2c1C(C(C)=O)=C(C)CN2Cc1ccccc1. The van der Waals surface area contributed by atoms with Gasteiger partial charge in [0.05, 0.1) is 18.4 Å². The number of allylic oxidation sites excluding steroid dienone is 1. The molecule has 27 heavy (non-hydrogen) atoms. The van der Waals surface area contributed by atoms with Crippen molar-refractivity contribution < 1.29 is 14.3 Å². The lowest BCUT2D eigenvalue weighted by Gasteiger charge is -2.33. The van der Waals surface area contributed by atoms with E-state index in [2.05, 4.69) is 27.8 Å². The minimum Gasteiger partial charge on any atom is -0.480 e. The lowest BCUT2D eigenvalue weighted by Crippen LogP contribution is -2.30. The fraction of sp³-hybridized carbons (Fsp3) is 0.286. The molecule has 2 aromatic rings. The predicted molar refractivity (Wildman–Crippen MR) is 109 cm³/mol. The summed E-state index contributed by atoms with van der Waals surface area (Å²) in [4.78, 5) is 26.7. The van der Waals surface area contributed by atoms with E-state index in [0.29, 0.717) is 5.88 Å². The summed E-state index contributed by atoms with van der Waals surface area (Å²) in [6.45, 7) is 7.11. The predicted octanol–water partition coefficient (Wildman–Crippen LogP) is 2.86. The van der Waals surface area contributed by atoms with Gasteiger partial charge in [-0.1, -0.05) is 30.3 Å². The summed E-state index contributed by atoms with van der Waals surface area (Å²) in [5.41, 5.74) is 9.31. The van der Waals surface area contributed by atoms with Crippen molar-refractivity contribution in [3.63, 3.8) is 0 Å². The van der Waals surface area contributed by atoms with Crippen molar-refractivity contribution in [1.82, 2.24) is 4.98 Å². The number of pyridine rings is 1. The van der Waals surface area contributed by atoms with E-state index in [4.69, 9.17) is 9.53 Å². The third-order valence-corrected chi connectivity index (χ3v) is 4.10. The number of carbonyl (C=O) groups excluding carboxylic acids is 2. The number of aromatic nitrogens is 1. The Hall–Kier alpha value is -2.99. The van der Waals surface area contributed by atoms with Crippen LogP contribution in [0.4, 0.5) is 5.69 Å². The Morgan fingerprint density at radius 1 is 1.22 bits per heavy atom. The Morgan fingerprint density at radius 2 is 1.85 bits per heavy atom. The topological polar surface area (TPSA) is 85.5 Å². The molecule has 1 aromatic carbocycles. The zero-order valence-corrected chi connectivity index (χ0v) is 16.4. The number of methoxy groups -OCH3 is 1. The van der Waals surface area contributed by atoms with Gasteiger partial charge in [-0.3, -0.25) is 4.79 Å². The van der Waals surface area contributed by atoms with E-state index in [1.54, 1.807) is 20.2 Å². The quantitative estimate of drug-likeness (QED) is 0.892. The number of nitrogens with two attached hydrogens (primary N) is 1. The maximum absolute atomic E-state index is 12.1. The van der Waals surface area contributed by atoms with E-state index in [9.17, 15) is 4.79 Å². The highest BCUT2D eigenvalue weighted by atomic mass is 16.5. The maximum Gasteiger partial charge on any atom is 0.223 e. The van der Waals surface area contributed by atoms with Gasteiger partial charge in [0.1, 0.15) is 6.79 Å². The van der Waals surface area contributed by atoms with Crippen LogP contribution in [0, 0.1) is 0 Å². The number of hydrogen-bond acceptors (Lipinski definition) is 6. The van der Waals surface area contributed by atoms with Crippen molar-refractivity contribution in [2.24, 2.45) is 5.73 Å². The summed E-state index contributed by atoms with van der Waals surface area (Å²) >= 11 is 0. The van der Waals surface area contributed by atoms with Crippen molar-refractivity contribution in [2.75, 3.05) is 25.6 Å². The van der Waals surface area contributed by atoms with Crippen molar-refractivity contribution in [3.05, 3.63) is 59.3 Å². The minimum absolute atomic E-state index is 0.0504. The maximum atomic E-state index is 12.1. The van der Waals surface area contributed by atoms with Gasteiger partial charge in [-0.05, 0) is 38.1 Å². The van der Waals surface area contributed by atoms with Crippen molar-refractivity contribution in [2.45, 2.75) is 20.4 Å². The highest BCUT2D eigenvalue weighted by Gasteiger charge is 2.28. The summed E-state index contributed by atoms with van der Waals surface area (Å²) in [5.74, 6) is 0.555. The molecule has 6 nitrogen and oxygen atoms in total. The number of carbonyl (C=O) groups is 2. The number of Topliss-reactive ketones (excluding diaryl/α,β-unsaturated/α-hetero) is 1. The third kappa shape index (κ3) is 5.01. The van der Waals surface area contributed by atoms with Crippen LogP contribution in [0.15, 0.2) is 48.2 Å². The van der Waals surface area contributed by atoms with E-state index in [1.807, 2.05) is 38.0 Å². The molecular formula is C21H27N3O3. The number of nitrogens with zero attached hydrogens (tertiary/aromatic N) is 2. The summed E-state index contributed by atoms with van der Waals surface area (Å²) in [7, 11) is 3.09. The zero-order valence-electron chi connectivity index (χ0n) is 16.4. The molecule has 1 aliphatic rings. The van der Waals surface area contributed by atoms with Crippen LogP contribution in [-0.4, -0.2) is 38.3 Å². The second-order valence-electron chi connectivity index (χ2n) is 5.77. The van der Waals surface area contributed by atoms with Crippen LogP contribution in [0.1, 0.15) is 25.0 Å². The lowest BCUT2D eigenvalue weighted by atomic mass is 9.92. The van der Waals surface area contributed by atoms with Gasteiger partial charge in [0.15, 0.2) is 5.78 Å². The Labute approximate surface area is 160 Å². The molecule has 1 aromatic heterocycles. The number of ketones is 1. The molecule has 0 fully saturated rings. The van der Waals surface area contributed by atoms with E-state index >= 15 is 0 Å². The molecule has 3 rings (SSSR count). The first-order valence-corrected chi connectivity index (χ1v) is 8.51. The molecule has 0 atom stereocenters. The summed E-state index contributed by atoms with van der Waals surface area (Å²) < 4.78 is 5.42. The molecule has 144 valence electrons. The van der Waals surface area contributed by atoms with Crippen LogP contribution >= 0.6 is 0 Å².